The molecule has 9 heteroatoms. The van der Waals surface area contributed by atoms with E-state index in [1.807, 2.05) is 13.8 Å². The van der Waals surface area contributed by atoms with Crippen molar-refractivity contribution in [3.63, 3.8) is 0 Å². The van der Waals surface area contributed by atoms with Crippen LogP contribution in [0.15, 0.2) is 30.5 Å². The van der Waals surface area contributed by atoms with Gasteiger partial charge in [0.1, 0.15) is 17.9 Å². The monoisotopic (exact) mass is 405 g/mol. The van der Waals surface area contributed by atoms with E-state index in [0.29, 0.717) is 24.2 Å². The molecule has 0 saturated carbocycles. The zero-order valence-corrected chi connectivity index (χ0v) is 16.1. The first-order chi connectivity index (χ1) is 12.2. The first-order valence-electron chi connectivity index (χ1n) is 8.25. The molecule has 1 aromatic carbocycles. The number of aromatic nitrogens is 2. The van der Waals surface area contributed by atoms with E-state index in [-0.39, 0.29) is 5.95 Å². The van der Waals surface area contributed by atoms with Crippen LogP contribution in [-0.4, -0.2) is 22.3 Å². The molecule has 0 bridgehead atoms. The number of benzene rings is 1. The Balaban J connectivity index is 2.19. The van der Waals surface area contributed by atoms with Crippen LogP contribution in [-0.2, 0) is 10.7 Å². The predicted octanol–water partition coefficient (Wildman–Crippen LogP) is 5.70. The number of alkyl halides is 3. The molecule has 2 aromatic rings. The fourth-order valence-corrected chi connectivity index (χ4v) is 5.76. The molecule has 0 aliphatic heterocycles. The molecule has 1 heterocycles. The first kappa shape index (κ1) is 20.7. The number of nitrogens with zero attached hydrogens (tertiary/aromatic N) is 2. The van der Waals surface area contributed by atoms with Crippen LogP contribution in [0.5, 0.6) is 0 Å². The van der Waals surface area contributed by atoms with E-state index in [0.717, 1.165) is 18.1 Å². The lowest BCUT2D eigenvalue weighted by Gasteiger charge is -2.18. The zero-order valence-electron chi connectivity index (χ0n) is 14.5. The summed E-state index contributed by atoms with van der Waals surface area (Å²) in [6, 6.07) is 6.98. The van der Waals surface area contributed by atoms with Gasteiger partial charge in [-0.1, -0.05) is 25.4 Å². The standard InChI is InChI=1S/C17H20ClF3N3OP/c1-3-9-26(25,10-4-2)13-7-5-12(6-8-13)23-16-22-11-14(15(18)24-16)17(19,20)21/h5-8,11H,3-4,9-10H2,1-2H3,(H,22,23,24). The second-order valence-corrected chi connectivity index (χ2v) is 9.45. The van der Waals surface area contributed by atoms with Crippen LogP contribution in [0.2, 0.25) is 5.15 Å². The van der Waals surface area contributed by atoms with Crippen molar-refractivity contribution in [3.8, 4) is 0 Å². The molecule has 4 nitrogen and oxygen atoms in total. The van der Waals surface area contributed by atoms with E-state index in [1.165, 1.54) is 0 Å². The second-order valence-electron chi connectivity index (χ2n) is 5.90. The van der Waals surface area contributed by atoms with Gasteiger partial charge < -0.3 is 9.88 Å². The molecule has 1 aromatic heterocycles. The van der Waals surface area contributed by atoms with Crippen molar-refractivity contribution in [2.45, 2.75) is 32.9 Å². The van der Waals surface area contributed by atoms with Crippen molar-refractivity contribution >= 4 is 35.7 Å². The fraction of sp³-hybridized carbons (Fsp3) is 0.412. The quantitative estimate of drug-likeness (QED) is 0.474. The average molecular weight is 406 g/mol. The minimum atomic E-state index is -4.60. The summed E-state index contributed by atoms with van der Waals surface area (Å²) in [6.45, 7) is 4.01. The Morgan fingerprint density at radius 3 is 2.15 bits per heavy atom. The van der Waals surface area contributed by atoms with Crippen LogP contribution in [0.1, 0.15) is 32.3 Å². The zero-order chi connectivity index (χ0) is 19.4. The van der Waals surface area contributed by atoms with Gasteiger partial charge in [0, 0.05) is 29.5 Å². The Morgan fingerprint density at radius 2 is 1.69 bits per heavy atom. The minimum Gasteiger partial charge on any atom is -0.324 e. The highest BCUT2D eigenvalue weighted by atomic mass is 35.5. The van der Waals surface area contributed by atoms with E-state index in [1.54, 1.807) is 24.3 Å². The third-order valence-corrected chi connectivity index (χ3v) is 7.68. The summed E-state index contributed by atoms with van der Waals surface area (Å²) in [5.74, 6) is -0.0407. The Kier molecular flexibility index (Phi) is 6.69. The summed E-state index contributed by atoms with van der Waals surface area (Å²) in [5, 5.41) is 2.94. The number of nitrogens with one attached hydrogen (secondary N) is 1. The maximum absolute atomic E-state index is 13.1. The molecule has 0 amide bonds. The van der Waals surface area contributed by atoms with Crippen molar-refractivity contribution in [1.29, 1.82) is 0 Å². The highest BCUT2D eigenvalue weighted by Gasteiger charge is 2.34. The van der Waals surface area contributed by atoms with Crippen LogP contribution in [0, 0.1) is 0 Å². The third kappa shape index (κ3) is 4.98. The number of anilines is 2. The van der Waals surface area contributed by atoms with Crippen LogP contribution >= 0.6 is 18.7 Å². The molecule has 0 spiro atoms. The summed E-state index contributed by atoms with van der Waals surface area (Å²) in [5.41, 5.74) is -0.510. The van der Waals surface area contributed by atoms with Crippen molar-refractivity contribution in [2.75, 3.05) is 17.6 Å². The summed E-state index contributed by atoms with van der Waals surface area (Å²) in [6.07, 6.45) is -0.958. The summed E-state index contributed by atoms with van der Waals surface area (Å²) in [7, 11) is -2.41. The van der Waals surface area contributed by atoms with Gasteiger partial charge in [-0.15, -0.1) is 0 Å². The maximum Gasteiger partial charge on any atom is 0.420 e. The first-order valence-corrected chi connectivity index (χ1v) is 10.7. The maximum atomic E-state index is 13.1. The van der Waals surface area contributed by atoms with Gasteiger partial charge in [0.25, 0.3) is 0 Å². The molecule has 0 aliphatic carbocycles. The van der Waals surface area contributed by atoms with Gasteiger partial charge in [0.15, 0.2) is 0 Å². The molecule has 0 atom stereocenters. The number of rotatable bonds is 7. The largest absolute Gasteiger partial charge is 0.420 e. The molecule has 2 rings (SSSR count). The van der Waals surface area contributed by atoms with E-state index in [9.17, 15) is 17.7 Å². The van der Waals surface area contributed by atoms with Gasteiger partial charge in [-0.2, -0.15) is 13.2 Å². The predicted molar refractivity (Wildman–Crippen MR) is 99.3 cm³/mol. The normalized spacial score (nSPS) is 12.2. The molecule has 142 valence electrons. The topological polar surface area (TPSA) is 54.9 Å². The molecular formula is C17H20ClF3N3OP. The average Bonchev–Trinajstić information content (AvgIpc) is 2.55. The van der Waals surface area contributed by atoms with E-state index < -0.39 is 24.0 Å². The highest BCUT2D eigenvalue weighted by Crippen LogP contribution is 2.45. The van der Waals surface area contributed by atoms with Gasteiger partial charge in [0.2, 0.25) is 5.95 Å². The molecule has 0 aliphatic rings. The number of hydrogen-bond acceptors (Lipinski definition) is 4. The summed E-state index contributed by atoms with van der Waals surface area (Å²) in [4.78, 5) is 7.28. The van der Waals surface area contributed by atoms with Crippen molar-refractivity contribution in [3.05, 3.63) is 41.2 Å². The minimum absolute atomic E-state index is 0.0407. The second kappa shape index (κ2) is 8.40. The van der Waals surface area contributed by atoms with Crippen LogP contribution < -0.4 is 10.6 Å². The van der Waals surface area contributed by atoms with E-state index in [2.05, 4.69) is 15.3 Å². The lowest BCUT2D eigenvalue weighted by atomic mass is 10.3. The van der Waals surface area contributed by atoms with Gasteiger partial charge in [-0.25, -0.2) is 9.97 Å². The number of halogens is 4. The number of hydrogen-bond donors (Lipinski definition) is 1. The molecular weight excluding hydrogens is 386 g/mol. The lowest BCUT2D eigenvalue weighted by molar-refractivity contribution is -0.137. The lowest BCUT2D eigenvalue weighted by Crippen LogP contribution is -2.11. The molecule has 26 heavy (non-hydrogen) atoms. The highest BCUT2D eigenvalue weighted by molar-refractivity contribution is 7.71. The molecule has 0 fully saturated rings. The van der Waals surface area contributed by atoms with Crippen molar-refractivity contribution < 1.29 is 17.7 Å². The molecule has 1 N–H and O–H groups in total. The van der Waals surface area contributed by atoms with Crippen LogP contribution in [0.4, 0.5) is 24.8 Å². The van der Waals surface area contributed by atoms with Gasteiger partial charge in [-0.3, -0.25) is 0 Å². The molecule has 0 unspecified atom stereocenters. The van der Waals surface area contributed by atoms with Gasteiger partial charge in [0.05, 0.1) is 0 Å². The Hall–Kier alpha value is -1.59. The Labute approximate surface area is 155 Å². The fourth-order valence-electron chi connectivity index (χ4n) is 2.65. The smallest absolute Gasteiger partial charge is 0.324 e. The Morgan fingerprint density at radius 1 is 1.12 bits per heavy atom. The van der Waals surface area contributed by atoms with Gasteiger partial charge >= 0.3 is 6.18 Å². The van der Waals surface area contributed by atoms with Crippen molar-refractivity contribution in [2.24, 2.45) is 0 Å². The summed E-state index contributed by atoms with van der Waals surface area (Å²) >= 11 is 5.59. The third-order valence-electron chi connectivity index (χ3n) is 3.81. The van der Waals surface area contributed by atoms with E-state index in [4.69, 9.17) is 11.6 Å². The van der Waals surface area contributed by atoms with Crippen LogP contribution in [0.25, 0.3) is 0 Å². The summed E-state index contributed by atoms with van der Waals surface area (Å²) < 4.78 is 51.1. The van der Waals surface area contributed by atoms with Crippen molar-refractivity contribution in [1.82, 2.24) is 9.97 Å². The van der Waals surface area contributed by atoms with E-state index >= 15 is 0 Å². The van der Waals surface area contributed by atoms with Gasteiger partial charge in [-0.05, 0) is 37.1 Å². The molecule has 0 saturated heterocycles. The Bertz CT molecular complexity index is 787. The van der Waals surface area contributed by atoms with Crippen LogP contribution in [0.3, 0.4) is 0 Å². The SMILES string of the molecule is CCCP(=O)(CCC)c1ccc(Nc2ncc(C(F)(F)F)c(Cl)n2)cc1. The molecule has 0 radical (unpaired) electrons.